The predicted molar refractivity (Wildman–Crippen MR) is 133 cm³/mol. The maximum absolute atomic E-state index is 13.2. The highest BCUT2D eigenvalue weighted by molar-refractivity contribution is 7.89. The second-order valence-corrected chi connectivity index (χ2v) is 10.6. The average molecular weight is 495 g/mol. The molecule has 2 aromatic heterocycles. The fourth-order valence-corrected chi connectivity index (χ4v) is 5.99. The van der Waals surface area contributed by atoms with Crippen LogP contribution in [0.25, 0.3) is 11.0 Å². The Balaban J connectivity index is 1.45. The Morgan fingerprint density at radius 1 is 0.971 bits per heavy atom. The van der Waals surface area contributed by atoms with E-state index in [9.17, 15) is 8.42 Å². The number of aromatic nitrogens is 2. The molecule has 0 bridgehead atoms. The van der Waals surface area contributed by atoms with Crippen LogP contribution in [0.5, 0.6) is 0 Å². The van der Waals surface area contributed by atoms with E-state index in [0.29, 0.717) is 44.9 Å². The quantitative estimate of drug-likeness (QED) is 0.351. The normalized spacial score (nSPS) is 15.3. The van der Waals surface area contributed by atoms with E-state index in [1.807, 2.05) is 36.4 Å². The van der Waals surface area contributed by atoms with E-state index >= 15 is 0 Å². The third-order valence-electron chi connectivity index (χ3n) is 6.30. The minimum absolute atomic E-state index is 0.274. The largest absolute Gasteiger partial charge is 0.468 e. The van der Waals surface area contributed by atoms with Gasteiger partial charge in [-0.1, -0.05) is 30.3 Å². The SMILES string of the molecule is CCn1c(CN(Cc2ccccc2)Cc2ccco2)nc2cc(S(=O)(=O)N3CCOCC3)ccc21. The summed E-state index contributed by atoms with van der Waals surface area (Å²) in [6.45, 7) is 6.39. The minimum Gasteiger partial charge on any atom is -0.468 e. The molecule has 1 fully saturated rings. The smallest absolute Gasteiger partial charge is 0.243 e. The molecule has 1 aliphatic heterocycles. The molecule has 1 aliphatic rings. The summed E-state index contributed by atoms with van der Waals surface area (Å²) in [6, 6.07) is 19.4. The maximum atomic E-state index is 13.2. The van der Waals surface area contributed by atoms with Crippen molar-refractivity contribution < 1.29 is 17.6 Å². The molecule has 5 rings (SSSR count). The lowest BCUT2D eigenvalue weighted by molar-refractivity contribution is 0.0730. The Morgan fingerprint density at radius 2 is 1.77 bits per heavy atom. The number of benzene rings is 2. The van der Waals surface area contributed by atoms with Gasteiger partial charge in [-0.25, -0.2) is 13.4 Å². The average Bonchev–Trinajstić information content (AvgIpc) is 3.51. The number of rotatable bonds is 9. The Morgan fingerprint density at radius 3 is 2.49 bits per heavy atom. The first-order valence-corrected chi connectivity index (χ1v) is 13.3. The Bertz CT molecular complexity index is 1360. The van der Waals surface area contributed by atoms with Crippen molar-refractivity contribution in [3.8, 4) is 0 Å². The third kappa shape index (κ3) is 5.18. The number of imidazole rings is 1. The van der Waals surface area contributed by atoms with E-state index in [0.717, 1.165) is 30.2 Å². The van der Waals surface area contributed by atoms with E-state index in [1.165, 1.54) is 9.87 Å². The lowest BCUT2D eigenvalue weighted by Gasteiger charge is -2.26. The molecule has 0 atom stereocenters. The monoisotopic (exact) mass is 494 g/mol. The molecule has 0 aliphatic carbocycles. The number of morpholine rings is 1. The minimum atomic E-state index is -3.58. The fourth-order valence-electron chi connectivity index (χ4n) is 4.56. The zero-order valence-electron chi connectivity index (χ0n) is 19.8. The first-order valence-electron chi connectivity index (χ1n) is 11.9. The van der Waals surface area contributed by atoms with Crippen molar-refractivity contribution in [2.75, 3.05) is 26.3 Å². The molecule has 1 saturated heterocycles. The summed E-state index contributed by atoms with van der Waals surface area (Å²) in [4.78, 5) is 7.46. The van der Waals surface area contributed by atoms with Gasteiger partial charge >= 0.3 is 0 Å². The maximum Gasteiger partial charge on any atom is 0.243 e. The molecule has 0 radical (unpaired) electrons. The molecule has 4 aromatic rings. The molecular formula is C26H30N4O4S. The van der Waals surface area contributed by atoms with Crippen molar-refractivity contribution in [2.24, 2.45) is 0 Å². The number of hydrogen-bond acceptors (Lipinski definition) is 6. The highest BCUT2D eigenvalue weighted by atomic mass is 32.2. The zero-order valence-corrected chi connectivity index (χ0v) is 20.7. The van der Waals surface area contributed by atoms with Crippen LogP contribution in [-0.2, 0) is 40.9 Å². The standard InChI is InChI=1S/C26H30N4O4S/c1-2-30-25-11-10-23(35(31,32)29-12-15-33-16-13-29)17-24(25)27-26(30)20-28(19-22-9-6-14-34-22)18-21-7-4-3-5-8-21/h3-11,14,17H,2,12-13,15-16,18-20H2,1H3. The number of furan rings is 1. The van der Waals surface area contributed by atoms with E-state index in [4.69, 9.17) is 14.1 Å². The van der Waals surface area contributed by atoms with E-state index in [1.54, 1.807) is 18.4 Å². The number of hydrogen-bond donors (Lipinski definition) is 0. The van der Waals surface area contributed by atoms with Crippen molar-refractivity contribution in [3.05, 3.63) is 84.1 Å². The molecule has 8 nitrogen and oxygen atoms in total. The van der Waals surface area contributed by atoms with Gasteiger partial charge in [0.2, 0.25) is 10.0 Å². The second kappa shape index (κ2) is 10.3. The topological polar surface area (TPSA) is 80.8 Å². The van der Waals surface area contributed by atoms with Gasteiger partial charge in [0.25, 0.3) is 0 Å². The van der Waals surface area contributed by atoms with Gasteiger partial charge in [0.15, 0.2) is 0 Å². The number of aryl methyl sites for hydroxylation is 1. The van der Waals surface area contributed by atoms with Crippen LogP contribution < -0.4 is 0 Å². The summed E-state index contributed by atoms with van der Waals surface area (Å²) < 4.78 is 40.9. The van der Waals surface area contributed by atoms with Crippen molar-refractivity contribution in [2.45, 2.75) is 38.0 Å². The van der Waals surface area contributed by atoms with Gasteiger partial charge in [-0.2, -0.15) is 4.31 Å². The van der Waals surface area contributed by atoms with Crippen LogP contribution in [0.2, 0.25) is 0 Å². The van der Waals surface area contributed by atoms with E-state index < -0.39 is 10.0 Å². The molecule has 3 heterocycles. The van der Waals surface area contributed by atoms with Crippen LogP contribution in [0.15, 0.2) is 76.2 Å². The summed E-state index contributed by atoms with van der Waals surface area (Å²) in [5, 5.41) is 0. The van der Waals surface area contributed by atoms with E-state index in [-0.39, 0.29) is 4.90 Å². The van der Waals surface area contributed by atoms with Crippen LogP contribution in [-0.4, -0.2) is 53.5 Å². The highest BCUT2D eigenvalue weighted by Crippen LogP contribution is 2.25. The summed E-state index contributed by atoms with van der Waals surface area (Å²) in [5.74, 6) is 1.78. The molecule has 0 N–H and O–H groups in total. The van der Waals surface area contributed by atoms with Crippen LogP contribution in [0, 0.1) is 0 Å². The molecule has 9 heteroatoms. The molecule has 0 amide bonds. The number of nitrogens with zero attached hydrogens (tertiary/aromatic N) is 4. The van der Waals surface area contributed by atoms with Crippen molar-refractivity contribution in [3.63, 3.8) is 0 Å². The first kappa shape index (κ1) is 23.7. The predicted octanol–water partition coefficient (Wildman–Crippen LogP) is 3.87. The Kier molecular flexibility index (Phi) is 7.01. The summed E-state index contributed by atoms with van der Waals surface area (Å²) >= 11 is 0. The summed E-state index contributed by atoms with van der Waals surface area (Å²) in [7, 11) is -3.58. The first-order chi connectivity index (χ1) is 17.0. The van der Waals surface area contributed by atoms with Gasteiger partial charge < -0.3 is 13.7 Å². The van der Waals surface area contributed by atoms with Crippen LogP contribution >= 0.6 is 0 Å². The molecule has 0 saturated carbocycles. The van der Waals surface area contributed by atoms with Crippen molar-refractivity contribution in [1.82, 2.24) is 18.8 Å². The van der Waals surface area contributed by atoms with Crippen molar-refractivity contribution in [1.29, 1.82) is 0 Å². The number of sulfonamides is 1. The van der Waals surface area contributed by atoms with Gasteiger partial charge in [0.1, 0.15) is 11.6 Å². The highest BCUT2D eigenvalue weighted by Gasteiger charge is 2.27. The lowest BCUT2D eigenvalue weighted by atomic mass is 10.2. The molecule has 2 aromatic carbocycles. The third-order valence-corrected chi connectivity index (χ3v) is 8.19. The van der Waals surface area contributed by atoms with Gasteiger partial charge in [-0.05, 0) is 42.8 Å². The Labute approximate surface area is 205 Å². The lowest BCUT2D eigenvalue weighted by Crippen LogP contribution is -2.40. The van der Waals surface area contributed by atoms with Crippen LogP contribution in [0.1, 0.15) is 24.1 Å². The summed E-state index contributed by atoms with van der Waals surface area (Å²) in [5.41, 5.74) is 2.83. The van der Waals surface area contributed by atoms with Crippen LogP contribution in [0.4, 0.5) is 0 Å². The van der Waals surface area contributed by atoms with Gasteiger partial charge in [-0.15, -0.1) is 0 Å². The van der Waals surface area contributed by atoms with Gasteiger partial charge in [-0.3, -0.25) is 4.90 Å². The van der Waals surface area contributed by atoms with Crippen molar-refractivity contribution >= 4 is 21.1 Å². The summed E-state index contributed by atoms with van der Waals surface area (Å²) in [6.07, 6.45) is 1.69. The number of ether oxygens (including phenoxy) is 1. The number of fused-ring (bicyclic) bond motifs is 1. The Hall–Kier alpha value is -2.98. The fraction of sp³-hybridized carbons (Fsp3) is 0.346. The zero-order chi connectivity index (χ0) is 24.3. The molecule has 0 unspecified atom stereocenters. The van der Waals surface area contributed by atoms with E-state index in [2.05, 4.69) is 28.5 Å². The molecule has 35 heavy (non-hydrogen) atoms. The molecule has 184 valence electrons. The van der Waals surface area contributed by atoms with Gasteiger partial charge in [0.05, 0.1) is 48.5 Å². The second-order valence-electron chi connectivity index (χ2n) is 8.65. The molecular weight excluding hydrogens is 464 g/mol. The van der Waals surface area contributed by atoms with Gasteiger partial charge in [0, 0.05) is 26.2 Å². The molecule has 0 spiro atoms. The van der Waals surface area contributed by atoms with Crippen LogP contribution in [0.3, 0.4) is 0 Å².